The number of hydrogen-bond acceptors (Lipinski definition) is 5. The van der Waals surface area contributed by atoms with Gasteiger partial charge in [0, 0.05) is 13.1 Å². The molecular weight excluding hydrogens is 330 g/mol. The second-order valence-corrected chi connectivity index (χ2v) is 7.11. The zero-order chi connectivity index (χ0) is 18.2. The van der Waals surface area contributed by atoms with Crippen molar-refractivity contribution in [3.63, 3.8) is 0 Å². The highest BCUT2D eigenvalue weighted by Crippen LogP contribution is 2.26. The Morgan fingerprint density at radius 3 is 2.46 bits per heavy atom. The van der Waals surface area contributed by atoms with Crippen LogP contribution < -0.4 is 9.04 Å². The first kappa shape index (κ1) is 19.8. The summed E-state index contributed by atoms with van der Waals surface area (Å²) in [5, 5.41) is 0. The van der Waals surface area contributed by atoms with Gasteiger partial charge in [0.2, 0.25) is 10.0 Å². The van der Waals surface area contributed by atoms with Crippen LogP contribution in [0, 0.1) is 0 Å². The molecule has 1 aromatic rings. The number of rotatable bonds is 10. The summed E-state index contributed by atoms with van der Waals surface area (Å²) in [5.74, 6) is -0.213. The molecule has 0 heterocycles. The molecule has 0 N–H and O–H groups in total. The van der Waals surface area contributed by atoms with Crippen LogP contribution >= 0.6 is 0 Å². The lowest BCUT2D eigenvalue weighted by Crippen LogP contribution is -2.29. The minimum absolute atomic E-state index is 0.0114. The number of carbonyl (C=O) groups is 1. The Morgan fingerprint density at radius 2 is 1.88 bits per heavy atom. The van der Waals surface area contributed by atoms with Gasteiger partial charge in [0.25, 0.3) is 0 Å². The molecule has 0 unspecified atom stereocenters. The molecule has 1 rings (SSSR count). The number of benzene rings is 1. The number of sulfonamides is 1. The quantitative estimate of drug-likeness (QED) is 0.478. The topological polar surface area (TPSA) is 72.9 Å². The average molecular weight is 353 g/mol. The lowest BCUT2D eigenvalue weighted by molar-refractivity contribution is 0.0549. The van der Waals surface area contributed by atoms with Crippen molar-refractivity contribution in [2.45, 2.75) is 13.3 Å². The van der Waals surface area contributed by atoms with Crippen LogP contribution in [0.3, 0.4) is 0 Å². The molecule has 0 aliphatic rings. The second-order valence-electron chi connectivity index (χ2n) is 4.99. The third-order valence-electron chi connectivity index (χ3n) is 3.07. The summed E-state index contributed by atoms with van der Waals surface area (Å²) >= 11 is 0. The number of hydrogen-bond donors (Lipinski definition) is 0. The summed E-state index contributed by atoms with van der Waals surface area (Å²) in [7, 11) is -2.03. The highest BCUT2D eigenvalue weighted by Gasteiger charge is 2.20. The van der Waals surface area contributed by atoms with E-state index in [4.69, 9.17) is 9.47 Å². The van der Waals surface area contributed by atoms with Crippen LogP contribution in [-0.4, -0.2) is 40.4 Å². The number of esters is 1. The minimum atomic E-state index is -3.47. The first-order chi connectivity index (χ1) is 11.4. The predicted molar refractivity (Wildman–Crippen MR) is 95.1 cm³/mol. The summed E-state index contributed by atoms with van der Waals surface area (Å²) in [4.78, 5) is 12.1. The van der Waals surface area contributed by atoms with E-state index in [9.17, 15) is 13.2 Å². The van der Waals surface area contributed by atoms with Gasteiger partial charge in [-0.15, -0.1) is 0 Å². The summed E-state index contributed by atoms with van der Waals surface area (Å²) in [6.45, 7) is 9.13. The molecule has 0 aromatic heterocycles. The first-order valence-electron chi connectivity index (χ1n) is 7.49. The minimum Gasteiger partial charge on any atom is -0.489 e. The van der Waals surface area contributed by atoms with E-state index in [0.717, 1.165) is 4.31 Å². The van der Waals surface area contributed by atoms with Crippen molar-refractivity contribution in [2.75, 3.05) is 30.3 Å². The highest BCUT2D eigenvalue weighted by molar-refractivity contribution is 7.92. The van der Waals surface area contributed by atoms with Gasteiger partial charge in [0.05, 0.1) is 17.0 Å². The Morgan fingerprint density at radius 1 is 1.21 bits per heavy atom. The molecule has 0 saturated heterocycles. The van der Waals surface area contributed by atoms with Gasteiger partial charge in [0.15, 0.2) is 0 Å². The molecule has 1 aromatic carbocycles. The van der Waals surface area contributed by atoms with Crippen molar-refractivity contribution >= 4 is 21.7 Å². The Labute approximate surface area is 143 Å². The molecule has 0 amide bonds. The number of anilines is 1. The van der Waals surface area contributed by atoms with E-state index in [2.05, 4.69) is 13.2 Å². The average Bonchev–Trinajstić information content (AvgIpc) is 2.56. The van der Waals surface area contributed by atoms with Gasteiger partial charge in [-0.05, 0) is 18.6 Å². The maximum Gasteiger partial charge on any atom is 0.338 e. The van der Waals surface area contributed by atoms with Crippen LogP contribution in [0.1, 0.15) is 23.7 Å². The van der Waals surface area contributed by atoms with Crippen molar-refractivity contribution in [1.29, 1.82) is 0 Å². The third-order valence-corrected chi connectivity index (χ3v) is 5.04. The molecular formula is C17H23NO5S. The Kier molecular flexibility index (Phi) is 7.51. The second kappa shape index (κ2) is 9.12. The molecule has 132 valence electrons. The lowest BCUT2D eigenvalue weighted by atomic mass is 10.2. The fourth-order valence-corrected chi connectivity index (χ4v) is 3.11. The van der Waals surface area contributed by atoms with Crippen molar-refractivity contribution in [1.82, 2.24) is 0 Å². The zero-order valence-electron chi connectivity index (χ0n) is 14.0. The van der Waals surface area contributed by atoms with E-state index in [1.165, 1.54) is 25.3 Å². The number of carbonyl (C=O) groups excluding carboxylic acids is 1. The Balaban J connectivity index is 3.24. The van der Waals surface area contributed by atoms with Gasteiger partial charge in [0.1, 0.15) is 19.0 Å². The normalized spacial score (nSPS) is 10.8. The smallest absolute Gasteiger partial charge is 0.338 e. The zero-order valence-corrected chi connectivity index (χ0v) is 14.8. The van der Waals surface area contributed by atoms with Crippen LogP contribution in [0.2, 0.25) is 0 Å². The largest absolute Gasteiger partial charge is 0.489 e. The van der Waals surface area contributed by atoms with Crippen molar-refractivity contribution in [3.05, 3.63) is 49.1 Å². The van der Waals surface area contributed by atoms with Crippen LogP contribution in [0.15, 0.2) is 43.5 Å². The fraction of sp³-hybridized carbons (Fsp3) is 0.353. The Hall–Kier alpha value is -2.28. The number of nitrogens with zero attached hydrogens (tertiary/aromatic N) is 1. The molecule has 0 radical (unpaired) electrons. The maximum atomic E-state index is 12.2. The van der Waals surface area contributed by atoms with Crippen LogP contribution in [0.5, 0.6) is 5.75 Å². The molecule has 0 saturated carbocycles. The van der Waals surface area contributed by atoms with Gasteiger partial charge in [-0.1, -0.05) is 32.2 Å². The highest BCUT2D eigenvalue weighted by atomic mass is 32.2. The number of ether oxygens (including phenoxy) is 2. The van der Waals surface area contributed by atoms with Gasteiger partial charge in [-0.25, -0.2) is 13.2 Å². The Bertz CT molecular complexity index is 697. The molecule has 24 heavy (non-hydrogen) atoms. The summed E-state index contributed by atoms with van der Waals surface area (Å²) in [6, 6.07) is 4.51. The van der Waals surface area contributed by atoms with E-state index in [1.54, 1.807) is 19.1 Å². The fourth-order valence-electron chi connectivity index (χ4n) is 1.89. The SMILES string of the molecule is C=CCOC(=O)c1cc(OCC=C)cc(N(C)S(=O)(=O)CCC)c1. The monoisotopic (exact) mass is 353 g/mol. The van der Waals surface area contributed by atoms with Crippen molar-refractivity contribution in [3.8, 4) is 5.75 Å². The van der Waals surface area contributed by atoms with E-state index in [0.29, 0.717) is 17.9 Å². The van der Waals surface area contributed by atoms with Crippen LogP contribution in [0.25, 0.3) is 0 Å². The summed E-state index contributed by atoms with van der Waals surface area (Å²) < 4.78 is 36.1. The van der Waals surface area contributed by atoms with Gasteiger partial charge >= 0.3 is 5.97 Å². The third kappa shape index (κ3) is 5.42. The lowest BCUT2D eigenvalue weighted by Gasteiger charge is -2.20. The maximum absolute atomic E-state index is 12.2. The van der Waals surface area contributed by atoms with E-state index < -0.39 is 16.0 Å². The molecule has 0 fully saturated rings. The van der Waals surface area contributed by atoms with Crippen molar-refractivity contribution < 1.29 is 22.7 Å². The molecule has 0 spiro atoms. The molecule has 7 heteroatoms. The predicted octanol–water partition coefficient (Wildman–Crippen LogP) is 2.77. The molecule has 0 aliphatic heterocycles. The van der Waals surface area contributed by atoms with Gasteiger partial charge in [-0.2, -0.15) is 0 Å². The molecule has 0 bridgehead atoms. The standard InChI is InChI=1S/C17H23NO5S/c1-5-8-22-16-12-14(17(19)23-9-6-2)11-15(13-16)18(4)24(20,21)10-7-3/h5-6,11-13H,1-2,7-10H2,3-4H3. The molecule has 0 atom stereocenters. The van der Waals surface area contributed by atoms with E-state index in [1.807, 2.05) is 0 Å². The summed E-state index contributed by atoms with van der Waals surface area (Å²) in [5.41, 5.74) is 0.530. The molecule has 0 aliphatic carbocycles. The molecule has 6 nitrogen and oxygen atoms in total. The van der Waals surface area contributed by atoms with Crippen LogP contribution in [0.4, 0.5) is 5.69 Å². The van der Waals surface area contributed by atoms with Gasteiger partial charge < -0.3 is 9.47 Å². The van der Waals surface area contributed by atoms with Crippen molar-refractivity contribution in [2.24, 2.45) is 0 Å². The summed E-state index contributed by atoms with van der Waals surface area (Å²) in [6.07, 6.45) is 3.50. The first-order valence-corrected chi connectivity index (χ1v) is 9.10. The van der Waals surface area contributed by atoms with Crippen LogP contribution in [-0.2, 0) is 14.8 Å². The van der Waals surface area contributed by atoms with E-state index >= 15 is 0 Å². The van der Waals surface area contributed by atoms with Gasteiger partial charge in [-0.3, -0.25) is 4.31 Å². The van der Waals surface area contributed by atoms with E-state index in [-0.39, 0.29) is 24.5 Å².